The molecular formula is C50H31N5O. The minimum absolute atomic E-state index is 0.679. The van der Waals surface area contributed by atoms with Crippen molar-refractivity contribution in [1.82, 2.24) is 23.9 Å². The number of fused-ring (bicyclic) bond motifs is 10. The van der Waals surface area contributed by atoms with Gasteiger partial charge < -0.3 is 13.6 Å². The Kier molecular flexibility index (Phi) is 6.53. The minimum Gasteiger partial charge on any atom is -0.454 e. The average Bonchev–Trinajstić information content (AvgIpc) is 4.04. The molecule has 0 aliphatic carbocycles. The van der Waals surface area contributed by atoms with Crippen molar-refractivity contribution in [2.45, 2.75) is 0 Å². The molecule has 0 spiro atoms. The quantitative estimate of drug-likeness (QED) is 0.178. The van der Waals surface area contributed by atoms with Gasteiger partial charge in [-0.25, -0.2) is 9.67 Å². The van der Waals surface area contributed by atoms with Gasteiger partial charge in [-0.1, -0.05) is 140 Å². The number of benzene rings is 8. The molecule has 0 bridgehead atoms. The lowest BCUT2D eigenvalue weighted by atomic mass is 10.1. The number of aromatic nitrogens is 5. The lowest BCUT2D eigenvalue weighted by Crippen LogP contribution is -2.04. The molecule has 0 fully saturated rings. The van der Waals surface area contributed by atoms with Crippen molar-refractivity contribution in [3.8, 4) is 39.8 Å². The lowest BCUT2D eigenvalue weighted by molar-refractivity contribution is 0.671. The molecule has 56 heavy (non-hydrogen) atoms. The summed E-state index contributed by atoms with van der Waals surface area (Å²) in [4.78, 5) is 5.11. The Morgan fingerprint density at radius 2 is 0.964 bits per heavy atom. The van der Waals surface area contributed by atoms with Crippen LogP contribution in [-0.4, -0.2) is 23.9 Å². The van der Waals surface area contributed by atoms with Crippen LogP contribution in [0.1, 0.15) is 0 Å². The highest BCUT2D eigenvalue weighted by Gasteiger charge is 2.23. The maximum Gasteiger partial charge on any atom is 0.182 e. The second kappa shape index (κ2) is 11.9. The summed E-state index contributed by atoms with van der Waals surface area (Å²) < 4.78 is 13.5. The summed E-state index contributed by atoms with van der Waals surface area (Å²) in [6.07, 6.45) is 0. The predicted molar refractivity (Wildman–Crippen MR) is 228 cm³/mol. The van der Waals surface area contributed by atoms with E-state index in [4.69, 9.17) is 14.5 Å². The van der Waals surface area contributed by atoms with Crippen molar-refractivity contribution in [1.29, 1.82) is 0 Å². The van der Waals surface area contributed by atoms with E-state index in [9.17, 15) is 0 Å². The molecule has 8 aromatic carbocycles. The van der Waals surface area contributed by atoms with Crippen LogP contribution in [0.2, 0.25) is 0 Å². The summed E-state index contributed by atoms with van der Waals surface area (Å²) >= 11 is 0. The first-order chi connectivity index (χ1) is 27.8. The van der Waals surface area contributed by atoms with Crippen LogP contribution in [0.15, 0.2) is 192 Å². The van der Waals surface area contributed by atoms with Gasteiger partial charge in [0, 0.05) is 43.4 Å². The van der Waals surface area contributed by atoms with Gasteiger partial charge in [-0.3, -0.25) is 0 Å². The molecule has 0 atom stereocenters. The van der Waals surface area contributed by atoms with Crippen LogP contribution >= 0.6 is 0 Å². The molecule has 0 aliphatic heterocycles. The highest BCUT2D eigenvalue weighted by Crippen LogP contribution is 2.42. The normalized spacial score (nSPS) is 11.9. The highest BCUT2D eigenvalue weighted by molar-refractivity contribution is 6.21. The molecular weight excluding hydrogens is 687 g/mol. The van der Waals surface area contributed by atoms with Crippen LogP contribution in [0.3, 0.4) is 0 Å². The summed E-state index contributed by atoms with van der Waals surface area (Å²) in [6, 6.07) is 65.9. The van der Waals surface area contributed by atoms with Crippen LogP contribution in [-0.2, 0) is 0 Å². The number of furan rings is 1. The zero-order valence-corrected chi connectivity index (χ0v) is 30.0. The maximum atomic E-state index is 6.73. The third-order valence-corrected chi connectivity index (χ3v) is 11.1. The van der Waals surface area contributed by atoms with Gasteiger partial charge in [0.1, 0.15) is 5.58 Å². The maximum absolute atomic E-state index is 6.73. The fourth-order valence-corrected chi connectivity index (χ4v) is 8.65. The van der Waals surface area contributed by atoms with Crippen molar-refractivity contribution in [3.05, 3.63) is 188 Å². The molecule has 0 amide bonds. The first-order valence-electron chi connectivity index (χ1n) is 18.8. The molecule has 6 nitrogen and oxygen atoms in total. The Morgan fingerprint density at radius 3 is 1.73 bits per heavy atom. The Morgan fingerprint density at radius 1 is 0.411 bits per heavy atom. The molecule has 6 heteroatoms. The largest absolute Gasteiger partial charge is 0.454 e. The summed E-state index contributed by atoms with van der Waals surface area (Å²) in [6.45, 7) is 0. The van der Waals surface area contributed by atoms with E-state index in [0.29, 0.717) is 5.82 Å². The van der Waals surface area contributed by atoms with Crippen LogP contribution in [0.25, 0.3) is 105 Å². The molecule has 0 saturated heterocycles. The molecule has 12 aromatic rings. The SMILES string of the molecule is c1ccc(-c2nc(-c3ccccc3)n(-c3ccc4c5ccccc5n(-c5ccccc5-n5c6ccccc6c6ccc7c8ccccc8oc7c65)c4c3)n2)cc1. The van der Waals surface area contributed by atoms with Gasteiger partial charge in [-0.05, 0) is 48.5 Å². The van der Waals surface area contributed by atoms with E-state index in [1.54, 1.807) is 0 Å². The lowest BCUT2D eigenvalue weighted by Gasteiger charge is -2.17. The minimum atomic E-state index is 0.679. The molecule has 12 rings (SSSR count). The summed E-state index contributed by atoms with van der Waals surface area (Å²) in [7, 11) is 0. The Hall–Kier alpha value is -7.70. The topological polar surface area (TPSA) is 53.7 Å². The van der Waals surface area contributed by atoms with E-state index >= 15 is 0 Å². The first kappa shape index (κ1) is 30.7. The van der Waals surface area contributed by atoms with Crippen molar-refractivity contribution >= 4 is 65.6 Å². The van der Waals surface area contributed by atoms with Crippen LogP contribution in [0.5, 0.6) is 0 Å². The van der Waals surface area contributed by atoms with Gasteiger partial charge in [0.05, 0.1) is 39.1 Å². The third kappa shape index (κ3) is 4.44. The van der Waals surface area contributed by atoms with Crippen molar-refractivity contribution in [2.24, 2.45) is 0 Å². The van der Waals surface area contributed by atoms with Crippen LogP contribution < -0.4 is 0 Å². The number of para-hydroxylation sites is 5. The standard InChI is InChI=1S/C50H31N5O/c1-3-15-32(16-4-1)49-51-50(33-17-5-2-6-18-33)55(52-49)34-27-28-37-35-19-7-10-22-41(35)53(45(37)31-34)43-24-12-13-25-44(43)54-42-23-11-8-20-36(42)39-29-30-40-38-21-9-14-26-46(38)56-48(40)47(39)54/h1-31H. The number of nitrogens with zero attached hydrogens (tertiary/aromatic N) is 5. The molecule has 0 unspecified atom stereocenters. The van der Waals surface area contributed by atoms with Gasteiger partial charge in [-0.2, -0.15) is 0 Å². The van der Waals surface area contributed by atoms with Crippen molar-refractivity contribution in [2.75, 3.05) is 0 Å². The first-order valence-corrected chi connectivity index (χ1v) is 18.8. The van der Waals surface area contributed by atoms with Crippen LogP contribution in [0, 0.1) is 0 Å². The van der Waals surface area contributed by atoms with Gasteiger partial charge in [0.15, 0.2) is 17.2 Å². The average molecular weight is 718 g/mol. The van der Waals surface area contributed by atoms with E-state index in [0.717, 1.165) is 88.8 Å². The van der Waals surface area contributed by atoms with Gasteiger partial charge in [0.2, 0.25) is 0 Å². The number of rotatable bonds is 5. The monoisotopic (exact) mass is 717 g/mol. The van der Waals surface area contributed by atoms with E-state index in [1.807, 2.05) is 47.1 Å². The smallest absolute Gasteiger partial charge is 0.182 e. The molecule has 4 aromatic heterocycles. The zero-order chi connectivity index (χ0) is 36.7. The van der Waals surface area contributed by atoms with Crippen molar-refractivity contribution in [3.63, 3.8) is 0 Å². The van der Waals surface area contributed by atoms with Gasteiger partial charge in [-0.15, -0.1) is 5.10 Å². The van der Waals surface area contributed by atoms with E-state index < -0.39 is 0 Å². The summed E-state index contributed by atoms with van der Waals surface area (Å²) in [5.41, 5.74) is 11.1. The van der Waals surface area contributed by atoms with Crippen LogP contribution in [0.4, 0.5) is 0 Å². The Labute approximate surface area is 320 Å². The molecule has 0 saturated carbocycles. The summed E-state index contributed by atoms with van der Waals surface area (Å²) in [5, 5.41) is 12.0. The second-order valence-corrected chi connectivity index (χ2v) is 14.2. The summed E-state index contributed by atoms with van der Waals surface area (Å²) in [5.74, 6) is 1.46. The van der Waals surface area contributed by atoms with Crippen molar-refractivity contribution < 1.29 is 4.42 Å². The number of hydrogen-bond acceptors (Lipinski definition) is 3. The molecule has 4 heterocycles. The van der Waals surface area contributed by atoms with E-state index in [-0.39, 0.29) is 0 Å². The highest BCUT2D eigenvalue weighted by atomic mass is 16.3. The molecule has 0 radical (unpaired) electrons. The molecule has 0 aliphatic rings. The van der Waals surface area contributed by atoms with Gasteiger partial charge in [0.25, 0.3) is 0 Å². The molecule has 262 valence electrons. The predicted octanol–water partition coefficient (Wildman–Crippen LogP) is 12.7. The van der Waals surface area contributed by atoms with Gasteiger partial charge >= 0.3 is 0 Å². The van der Waals surface area contributed by atoms with E-state index in [1.165, 1.54) is 10.8 Å². The zero-order valence-electron chi connectivity index (χ0n) is 30.0. The fraction of sp³-hybridized carbons (Fsp3) is 0. The molecule has 0 N–H and O–H groups in total. The number of hydrogen-bond donors (Lipinski definition) is 0. The van der Waals surface area contributed by atoms with E-state index in [2.05, 4.69) is 155 Å². The second-order valence-electron chi connectivity index (χ2n) is 14.2. The Balaban J connectivity index is 1.15. The fourth-order valence-electron chi connectivity index (χ4n) is 8.65. The Bertz CT molecular complexity index is 3480. The third-order valence-electron chi connectivity index (χ3n) is 11.1.